The summed E-state index contributed by atoms with van der Waals surface area (Å²) in [5.74, 6) is 1.84. The Morgan fingerprint density at radius 2 is 2.05 bits per heavy atom. The molecule has 0 saturated carbocycles. The summed E-state index contributed by atoms with van der Waals surface area (Å²) in [5.41, 5.74) is -0.494. The van der Waals surface area contributed by atoms with E-state index in [0.717, 1.165) is 37.5 Å². The number of rotatable bonds is 2. The van der Waals surface area contributed by atoms with E-state index in [1.54, 1.807) is 0 Å². The molecule has 0 bridgehead atoms. The van der Waals surface area contributed by atoms with Gasteiger partial charge in [-0.25, -0.2) is 4.79 Å². The molecule has 0 aromatic carbocycles. The van der Waals surface area contributed by atoms with E-state index in [1.807, 2.05) is 27.7 Å². The molecule has 1 amide bonds. The van der Waals surface area contributed by atoms with Gasteiger partial charge in [0, 0.05) is 13.0 Å². The summed E-state index contributed by atoms with van der Waals surface area (Å²) in [5, 5.41) is 11.3. The first-order valence-electron chi connectivity index (χ1n) is 7.28. The molecule has 1 aromatic rings. The highest BCUT2D eigenvalue weighted by molar-refractivity contribution is 5.68. The largest absolute Gasteiger partial charge is 0.444 e. The van der Waals surface area contributed by atoms with Crippen LogP contribution in [0.3, 0.4) is 0 Å². The number of nitrogens with one attached hydrogen (secondary N) is 1. The van der Waals surface area contributed by atoms with E-state index in [1.165, 1.54) is 6.42 Å². The Morgan fingerprint density at radius 3 is 2.75 bits per heavy atom. The fraction of sp³-hybridized carbons (Fsp3) is 0.786. The molecule has 2 rings (SSSR count). The van der Waals surface area contributed by atoms with Gasteiger partial charge in [-0.3, -0.25) is 0 Å². The molecule has 1 aliphatic heterocycles. The smallest absolute Gasteiger partial charge is 0.408 e. The van der Waals surface area contributed by atoms with Crippen molar-refractivity contribution in [1.82, 2.24) is 20.1 Å². The molecular weight excluding hydrogens is 256 g/mol. The van der Waals surface area contributed by atoms with Gasteiger partial charge < -0.3 is 14.6 Å². The van der Waals surface area contributed by atoms with Gasteiger partial charge in [0.2, 0.25) is 0 Å². The molecule has 1 atom stereocenters. The zero-order chi connectivity index (χ0) is 14.8. The van der Waals surface area contributed by atoms with Gasteiger partial charge in [-0.2, -0.15) is 0 Å². The fourth-order valence-electron chi connectivity index (χ4n) is 2.38. The Labute approximate surface area is 119 Å². The molecule has 1 N–H and O–H groups in total. The molecule has 2 heterocycles. The number of alkyl carbamates (subject to hydrolysis) is 1. The number of fused-ring (bicyclic) bond motifs is 1. The molecule has 1 aliphatic rings. The number of ether oxygens (including phenoxy) is 1. The van der Waals surface area contributed by atoms with Gasteiger partial charge >= 0.3 is 6.09 Å². The van der Waals surface area contributed by atoms with Gasteiger partial charge in [0.1, 0.15) is 11.4 Å². The first-order chi connectivity index (χ1) is 9.37. The number of amides is 1. The van der Waals surface area contributed by atoms with E-state index in [2.05, 4.69) is 20.1 Å². The first kappa shape index (κ1) is 14.8. The minimum atomic E-state index is -0.494. The van der Waals surface area contributed by atoms with Crippen LogP contribution in [0.5, 0.6) is 0 Å². The van der Waals surface area contributed by atoms with Gasteiger partial charge in [0.15, 0.2) is 5.82 Å². The Bertz CT molecular complexity index is 476. The van der Waals surface area contributed by atoms with Crippen LogP contribution in [0.2, 0.25) is 0 Å². The second kappa shape index (κ2) is 5.81. The van der Waals surface area contributed by atoms with E-state index in [-0.39, 0.29) is 6.04 Å². The lowest BCUT2D eigenvalue weighted by atomic mass is 10.2. The lowest BCUT2D eigenvalue weighted by molar-refractivity contribution is 0.0505. The van der Waals surface area contributed by atoms with Gasteiger partial charge in [0.25, 0.3) is 0 Å². The number of hydrogen-bond donors (Lipinski definition) is 1. The van der Waals surface area contributed by atoms with Crippen LogP contribution in [0.4, 0.5) is 4.79 Å². The van der Waals surface area contributed by atoms with Crippen LogP contribution < -0.4 is 5.32 Å². The maximum atomic E-state index is 11.8. The second-order valence-corrected chi connectivity index (χ2v) is 6.30. The maximum Gasteiger partial charge on any atom is 0.408 e. The Morgan fingerprint density at radius 1 is 1.30 bits per heavy atom. The molecule has 0 radical (unpaired) electrons. The van der Waals surface area contributed by atoms with E-state index < -0.39 is 11.7 Å². The predicted molar refractivity (Wildman–Crippen MR) is 75.4 cm³/mol. The van der Waals surface area contributed by atoms with Crippen molar-refractivity contribution in [2.45, 2.75) is 71.6 Å². The van der Waals surface area contributed by atoms with Gasteiger partial charge in [-0.1, -0.05) is 6.42 Å². The van der Waals surface area contributed by atoms with Crippen LogP contribution >= 0.6 is 0 Å². The van der Waals surface area contributed by atoms with E-state index in [4.69, 9.17) is 4.74 Å². The highest BCUT2D eigenvalue weighted by Crippen LogP contribution is 2.19. The summed E-state index contributed by atoms with van der Waals surface area (Å²) >= 11 is 0. The van der Waals surface area contributed by atoms with Crippen molar-refractivity contribution >= 4 is 6.09 Å². The SMILES string of the molecule is CC(NC(=O)OC(C)(C)C)c1nnc2n1CCCCC2. The first-order valence-corrected chi connectivity index (χ1v) is 7.28. The van der Waals surface area contributed by atoms with Crippen LogP contribution in [0.25, 0.3) is 0 Å². The van der Waals surface area contributed by atoms with Crippen molar-refractivity contribution in [1.29, 1.82) is 0 Å². The molecule has 0 spiro atoms. The van der Waals surface area contributed by atoms with Crippen molar-refractivity contribution in [3.63, 3.8) is 0 Å². The molecule has 6 heteroatoms. The minimum Gasteiger partial charge on any atom is -0.444 e. The zero-order valence-corrected chi connectivity index (χ0v) is 12.8. The molecule has 112 valence electrons. The number of aryl methyl sites for hydroxylation is 1. The summed E-state index contributed by atoms with van der Waals surface area (Å²) in [4.78, 5) is 11.8. The second-order valence-electron chi connectivity index (χ2n) is 6.30. The Hall–Kier alpha value is -1.59. The molecule has 1 unspecified atom stereocenters. The van der Waals surface area contributed by atoms with Crippen LogP contribution in [0, 0.1) is 0 Å². The Kier molecular flexibility index (Phi) is 4.30. The molecule has 0 aliphatic carbocycles. The van der Waals surface area contributed by atoms with Crippen LogP contribution in [-0.4, -0.2) is 26.5 Å². The lowest BCUT2D eigenvalue weighted by Gasteiger charge is -2.22. The summed E-state index contributed by atoms with van der Waals surface area (Å²) < 4.78 is 7.40. The van der Waals surface area contributed by atoms with Crippen molar-refractivity contribution in [3.05, 3.63) is 11.6 Å². The minimum absolute atomic E-state index is 0.204. The van der Waals surface area contributed by atoms with Crippen molar-refractivity contribution < 1.29 is 9.53 Å². The van der Waals surface area contributed by atoms with E-state index >= 15 is 0 Å². The monoisotopic (exact) mass is 280 g/mol. The van der Waals surface area contributed by atoms with Gasteiger partial charge in [-0.05, 0) is 40.5 Å². The third kappa shape index (κ3) is 3.71. The van der Waals surface area contributed by atoms with Crippen molar-refractivity contribution in [2.75, 3.05) is 0 Å². The molecular formula is C14H24N4O2. The zero-order valence-electron chi connectivity index (χ0n) is 12.8. The van der Waals surface area contributed by atoms with Gasteiger partial charge in [-0.15, -0.1) is 10.2 Å². The van der Waals surface area contributed by atoms with Crippen LogP contribution in [-0.2, 0) is 17.7 Å². The summed E-state index contributed by atoms with van der Waals surface area (Å²) in [6.45, 7) is 8.38. The Balaban J connectivity index is 2.04. The third-order valence-corrected chi connectivity index (χ3v) is 3.26. The highest BCUT2D eigenvalue weighted by Gasteiger charge is 2.23. The molecule has 0 saturated heterocycles. The van der Waals surface area contributed by atoms with E-state index in [9.17, 15) is 4.79 Å². The molecule has 20 heavy (non-hydrogen) atoms. The lowest BCUT2D eigenvalue weighted by Crippen LogP contribution is -2.35. The van der Waals surface area contributed by atoms with Crippen molar-refractivity contribution in [2.24, 2.45) is 0 Å². The maximum absolute atomic E-state index is 11.8. The summed E-state index contributed by atoms with van der Waals surface area (Å²) in [6.07, 6.45) is 4.06. The fourth-order valence-corrected chi connectivity index (χ4v) is 2.38. The van der Waals surface area contributed by atoms with Gasteiger partial charge in [0.05, 0.1) is 6.04 Å². The predicted octanol–water partition coefficient (Wildman–Crippen LogP) is 2.59. The normalized spacial score (nSPS) is 17.0. The standard InChI is InChI=1S/C14H24N4O2/c1-10(15-13(19)20-14(2,3)4)12-17-16-11-8-6-5-7-9-18(11)12/h10H,5-9H2,1-4H3,(H,15,19). The molecule has 6 nitrogen and oxygen atoms in total. The quantitative estimate of drug-likeness (QED) is 0.904. The average Bonchev–Trinajstić information content (AvgIpc) is 2.56. The topological polar surface area (TPSA) is 69.0 Å². The number of carbonyl (C=O) groups is 1. The summed E-state index contributed by atoms with van der Waals surface area (Å²) in [6, 6.07) is -0.204. The number of nitrogens with zero attached hydrogens (tertiary/aromatic N) is 3. The molecule has 1 aromatic heterocycles. The third-order valence-electron chi connectivity index (χ3n) is 3.26. The van der Waals surface area contributed by atoms with Crippen molar-refractivity contribution in [3.8, 4) is 0 Å². The highest BCUT2D eigenvalue weighted by atomic mass is 16.6. The van der Waals surface area contributed by atoms with Crippen LogP contribution in [0.15, 0.2) is 0 Å². The number of hydrogen-bond acceptors (Lipinski definition) is 4. The number of carbonyl (C=O) groups excluding carboxylic acids is 1. The average molecular weight is 280 g/mol. The van der Waals surface area contributed by atoms with Crippen LogP contribution in [0.1, 0.15) is 64.6 Å². The molecule has 0 fully saturated rings. The number of aromatic nitrogens is 3. The summed E-state index contributed by atoms with van der Waals surface area (Å²) in [7, 11) is 0. The van der Waals surface area contributed by atoms with E-state index in [0.29, 0.717) is 0 Å².